The third-order valence-electron chi connectivity index (χ3n) is 2.05. The molecule has 2 heteroatoms. The van der Waals surface area contributed by atoms with E-state index < -0.39 is 0 Å². The zero-order valence-corrected chi connectivity index (χ0v) is 9.41. The van der Waals surface area contributed by atoms with Crippen LogP contribution in [0.25, 0.3) is 6.08 Å². The Kier molecular flexibility index (Phi) is 4.10. The maximum atomic E-state index is 11.6. The molecule has 0 bridgehead atoms. The maximum absolute atomic E-state index is 11.6. The molecule has 15 heavy (non-hydrogen) atoms. The van der Waals surface area contributed by atoms with Gasteiger partial charge in [0.1, 0.15) is 0 Å². The lowest BCUT2D eigenvalue weighted by Crippen LogP contribution is -2.06. The highest BCUT2D eigenvalue weighted by Crippen LogP contribution is 2.14. The Morgan fingerprint density at radius 1 is 1.47 bits per heavy atom. The number of hydrogen-bond donors (Lipinski definition) is 0. The molecule has 0 aromatic heterocycles. The van der Waals surface area contributed by atoms with Gasteiger partial charge in [-0.1, -0.05) is 29.8 Å². The van der Waals surface area contributed by atoms with Gasteiger partial charge in [0.2, 0.25) is 0 Å². The highest BCUT2D eigenvalue weighted by atomic mass is 16.5. The standard InChI is InChI=1S/C13H16O2/c1-4-6-11-8-7-10(3)9-12(11)13(14)15-5-2/h4,6-9H,5H2,1-3H3. The smallest absolute Gasteiger partial charge is 0.338 e. The van der Waals surface area contributed by atoms with Crippen molar-refractivity contribution in [1.29, 1.82) is 0 Å². The first-order valence-corrected chi connectivity index (χ1v) is 5.09. The third-order valence-corrected chi connectivity index (χ3v) is 2.05. The van der Waals surface area contributed by atoms with E-state index in [1.807, 2.05) is 51.1 Å². The normalized spacial score (nSPS) is 10.6. The van der Waals surface area contributed by atoms with Gasteiger partial charge in [-0.05, 0) is 32.4 Å². The Labute approximate surface area is 90.6 Å². The van der Waals surface area contributed by atoms with Gasteiger partial charge in [-0.15, -0.1) is 0 Å². The quantitative estimate of drug-likeness (QED) is 0.707. The zero-order valence-electron chi connectivity index (χ0n) is 9.41. The lowest BCUT2D eigenvalue weighted by atomic mass is 10.0. The van der Waals surface area contributed by atoms with E-state index in [4.69, 9.17) is 4.74 Å². The zero-order chi connectivity index (χ0) is 11.3. The molecule has 0 aliphatic rings. The van der Waals surface area contributed by atoms with Gasteiger partial charge in [-0.2, -0.15) is 0 Å². The van der Waals surface area contributed by atoms with Gasteiger partial charge in [-0.25, -0.2) is 4.79 Å². The molecule has 80 valence electrons. The van der Waals surface area contributed by atoms with Crippen molar-refractivity contribution in [3.8, 4) is 0 Å². The summed E-state index contributed by atoms with van der Waals surface area (Å²) in [4.78, 5) is 11.6. The number of aryl methyl sites for hydroxylation is 1. The average molecular weight is 204 g/mol. The van der Waals surface area contributed by atoms with Crippen molar-refractivity contribution in [2.75, 3.05) is 6.61 Å². The number of carbonyl (C=O) groups excluding carboxylic acids is 1. The van der Waals surface area contributed by atoms with Gasteiger partial charge in [0, 0.05) is 0 Å². The molecule has 0 aliphatic heterocycles. The van der Waals surface area contributed by atoms with E-state index in [2.05, 4.69) is 0 Å². The molecule has 0 radical (unpaired) electrons. The van der Waals surface area contributed by atoms with E-state index in [0.717, 1.165) is 11.1 Å². The van der Waals surface area contributed by atoms with Gasteiger partial charge < -0.3 is 4.74 Å². The van der Waals surface area contributed by atoms with E-state index in [0.29, 0.717) is 12.2 Å². The molecule has 0 saturated carbocycles. The Bertz CT molecular complexity index is 378. The Balaban J connectivity index is 3.12. The Hall–Kier alpha value is -1.57. The van der Waals surface area contributed by atoms with Gasteiger partial charge in [0.25, 0.3) is 0 Å². The van der Waals surface area contributed by atoms with Crippen LogP contribution in [0.2, 0.25) is 0 Å². The average Bonchev–Trinajstić information content (AvgIpc) is 2.21. The molecule has 0 unspecified atom stereocenters. The van der Waals surface area contributed by atoms with Gasteiger partial charge in [0.05, 0.1) is 12.2 Å². The summed E-state index contributed by atoms with van der Waals surface area (Å²) in [6, 6.07) is 5.77. The molecule has 1 aromatic rings. The first kappa shape index (κ1) is 11.5. The summed E-state index contributed by atoms with van der Waals surface area (Å²) in [5.74, 6) is -0.255. The van der Waals surface area contributed by atoms with Crippen LogP contribution in [0.3, 0.4) is 0 Å². The number of esters is 1. The fraction of sp³-hybridized carbons (Fsp3) is 0.308. The van der Waals surface area contributed by atoms with Crippen LogP contribution >= 0.6 is 0 Å². The fourth-order valence-corrected chi connectivity index (χ4v) is 1.38. The molecule has 0 atom stereocenters. The van der Waals surface area contributed by atoms with Crippen molar-refractivity contribution in [1.82, 2.24) is 0 Å². The number of rotatable bonds is 3. The van der Waals surface area contributed by atoms with Crippen molar-refractivity contribution < 1.29 is 9.53 Å². The molecule has 0 amide bonds. The molecular formula is C13H16O2. The third kappa shape index (κ3) is 2.94. The minimum Gasteiger partial charge on any atom is -0.462 e. The first-order valence-electron chi connectivity index (χ1n) is 5.09. The summed E-state index contributed by atoms with van der Waals surface area (Å²) in [5, 5.41) is 0. The predicted octanol–water partition coefficient (Wildman–Crippen LogP) is 3.20. The highest BCUT2D eigenvalue weighted by molar-refractivity contribution is 5.93. The van der Waals surface area contributed by atoms with Gasteiger partial charge >= 0.3 is 5.97 Å². The minimum absolute atomic E-state index is 0.255. The van der Waals surface area contributed by atoms with E-state index in [9.17, 15) is 4.79 Å². The van der Waals surface area contributed by atoms with Crippen molar-refractivity contribution in [3.63, 3.8) is 0 Å². The summed E-state index contributed by atoms with van der Waals surface area (Å²) in [6.07, 6.45) is 3.82. The molecule has 2 nitrogen and oxygen atoms in total. The molecule has 0 fully saturated rings. The van der Waals surface area contributed by atoms with E-state index in [-0.39, 0.29) is 5.97 Å². The molecule has 1 aromatic carbocycles. The molecule has 1 rings (SSSR count). The predicted molar refractivity (Wildman–Crippen MR) is 61.8 cm³/mol. The number of carbonyl (C=O) groups is 1. The number of allylic oxidation sites excluding steroid dienone is 1. The molecule has 0 saturated heterocycles. The van der Waals surface area contributed by atoms with E-state index >= 15 is 0 Å². The summed E-state index contributed by atoms with van der Waals surface area (Å²) in [5.41, 5.74) is 2.60. The summed E-state index contributed by atoms with van der Waals surface area (Å²) in [7, 11) is 0. The van der Waals surface area contributed by atoms with E-state index in [1.165, 1.54) is 0 Å². The molecule has 0 aliphatic carbocycles. The topological polar surface area (TPSA) is 26.3 Å². The van der Waals surface area contributed by atoms with Gasteiger partial charge in [-0.3, -0.25) is 0 Å². The lowest BCUT2D eigenvalue weighted by molar-refractivity contribution is 0.0526. The minimum atomic E-state index is -0.255. The number of hydrogen-bond acceptors (Lipinski definition) is 2. The second-order valence-electron chi connectivity index (χ2n) is 3.31. The van der Waals surface area contributed by atoms with Crippen molar-refractivity contribution >= 4 is 12.0 Å². The van der Waals surface area contributed by atoms with Crippen LogP contribution < -0.4 is 0 Å². The number of benzene rings is 1. The first-order chi connectivity index (χ1) is 7.19. The van der Waals surface area contributed by atoms with Crippen LogP contribution in [0, 0.1) is 6.92 Å². The van der Waals surface area contributed by atoms with Crippen LogP contribution in [0.15, 0.2) is 24.3 Å². The Morgan fingerprint density at radius 2 is 2.20 bits per heavy atom. The van der Waals surface area contributed by atoms with Crippen LogP contribution in [0.5, 0.6) is 0 Å². The van der Waals surface area contributed by atoms with Crippen LogP contribution in [0.4, 0.5) is 0 Å². The van der Waals surface area contributed by atoms with E-state index in [1.54, 1.807) is 0 Å². The van der Waals surface area contributed by atoms with Crippen molar-refractivity contribution in [2.45, 2.75) is 20.8 Å². The molecular weight excluding hydrogens is 188 g/mol. The largest absolute Gasteiger partial charge is 0.462 e. The van der Waals surface area contributed by atoms with Crippen molar-refractivity contribution in [2.24, 2.45) is 0 Å². The van der Waals surface area contributed by atoms with Gasteiger partial charge in [0.15, 0.2) is 0 Å². The van der Waals surface area contributed by atoms with Crippen LogP contribution in [-0.4, -0.2) is 12.6 Å². The van der Waals surface area contributed by atoms with Crippen LogP contribution in [-0.2, 0) is 4.74 Å². The lowest BCUT2D eigenvalue weighted by Gasteiger charge is -2.06. The maximum Gasteiger partial charge on any atom is 0.338 e. The van der Waals surface area contributed by atoms with Crippen molar-refractivity contribution in [3.05, 3.63) is 41.0 Å². The second-order valence-corrected chi connectivity index (χ2v) is 3.31. The highest BCUT2D eigenvalue weighted by Gasteiger charge is 2.10. The monoisotopic (exact) mass is 204 g/mol. The summed E-state index contributed by atoms with van der Waals surface area (Å²) < 4.78 is 5.00. The van der Waals surface area contributed by atoms with Crippen LogP contribution in [0.1, 0.15) is 35.3 Å². The summed E-state index contributed by atoms with van der Waals surface area (Å²) >= 11 is 0. The Morgan fingerprint density at radius 3 is 2.80 bits per heavy atom. The second kappa shape index (κ2) is 5.35. The number of ether oxygens (including phenoxy) is 1. The molecule has 0 spiro atoms. The molecule has 0 heterocycles. The fourth-order valence-electron chi connectivity index (χ4n) is 1.38. The SMILES string of the molecule is CC=Cc1ccc(C)cc1C(=O)OCC. The molecule has 0 N–H and O–H groups in total. The summed E-state index contributed by atoms with van der Waals surface area (Å²) in [6.45, 7) is 6.10.